The van der Waals surface area contributed by atoms with Crippen LogP contribution in [0.4, 0.5) is 15.8 Å². The van der Waals surface area contributed by atoms with Crippen LogP contribution in [0.2, 0.25) is 0 Å². The number of para-hydroxylation sites is 1. The molecule has 178 valence electrons. The Bertz CT molecular complexity index is 1340. The molecule has 0 fully saturated rings. The lowest BCUT2D eigenvalue weighted by molar-refractivity contribution is -0.119. The molecule has 1 amide bonds. The summed E-state index contributed by atoms with van der Waals surface area (Å²) in [5.74, 6) is -1.93. The van der Waals surface area contributed by atoms with Gasteiger partial charge in [0.05, 0.1) is 10.5 Å². The van der Waals surface area contributed by atoms with Crippen LogP contribution in [0.1, 0.15) is 34.0 Å². The maximum Gasteiger partial charge on any atom is 0.338 e. The first-order valence-electron chi connectivity index (χ1n) is 10.5. The molecule has 0 aliphatic rings. The largest absolute Gasteiger partial charge is 0.452 e. The Morgan fingerprint density at radius 2 is 1.71 bits per heavy atom. The van der Waals surface area contributed by atoms with Gasteiger partial charge in [-0.05, 0) is 67.3 Å². The van der Waals surface area contributed by atoms with Gasteiger partial charge in [-0.15, -0.1) is 0 Å². The van der Waals surface area contributed by atoms with Crippen molar-refractivity contribution in [2.24, 2.45) is 0 Å². The topological polar surface area (TPSA) is 102 Å². The van der Waals surface area contributed by atoms with Gasteiger partial charge in [0.25, 0.3) is 15.9 Å². The molecule has 0 aromatic heterocycles. The van der Waals surface area contributed by atoms with E-state index >= 15 is 0 Å². The quantitative estimate of drug-likeness (QED) is 0.455. The third-order valence-corrected chi connectivity index (χ3v) is 6.52. The molecule has 0 radical (unpaired) electrons. The SMILES string of the molecule is CCc1cccc(C)c1NC(=O)COC(=O)c1cccc(NS(=O)(=O)c2ccc(C)c(F)c2)c1. The number of carbonyl (C=O) groups excluding carboxylic acids is 2. The zero-order valence-electron chi connectivity index (χ0n) is 19.0. The lowest BCUT2D eigenvalue weighted by Crippen LogP contribution is -2.22. The normalized spacial score (nSPS) is 11.1. The first-order valence-corrected chi connectivity index (χ1v) is 12.0. The second-order valence-corrected chi connectivity index (χ2v) is 9.37. The monoisotopic (exact) mass is 484 g/mol. The first kappa shape index (κ1) is 24.9. The highest BCUT2D eigenvalue weighted by atomic mass is 32.2. The zero-order chi connectivity index (χ0) is 24.9. The Balaban J connectivity index is 1.66. The Kier molecular flexibility index (Phi) is 7.68. The Morgan fingerprint density at radius 1 is 0.971 bits per heavy atom. The number of sulfonamides is 1. The van der Waals surface area contributed by atoms with Crippen LogP contribution in [0.5, 0.6) is 0 Å². The number of benzene rings is 3. The van der Waals surface area contributed by atoms with Crippen LogP contribution in [0, 0.1) is 19.7 Å². The van der Waals surface area contributed by atoms with Gasteiger partial charge in [0.2, 0.25) is 0 Å². The van der Waals surface area contributed by atoms with E-state index in [0.29, 0.717) is 11.3 Å². The molecule has 0 saturated heterocycles. The molecule has 34 heavy (non-hydrogen) atoms. The van der Waals surface area contributed by atoms with Crippen molar-refractivity contribution in [2.75, 3.05) is 16.6 Å². The smallest absolute Gasteiger partial charge is 0.338 e. The van der Waals surface area contributed by atoms with E-state index in [2.05, 4.69) is 10.0 Å². The van der Waals surface area contributed by atoms with Crippen molar-refractivity contribution >= 4 is 33.3 Å². The minimum Gasteiger partial charge on any atom is -0.452 e. The summed E-state index contributed by atoms with van der Waals surface area (Å²) in [6, 6.07) is 14.9. The number of hydrogen-bond acceptors (Lipinski definition) is 5. The van der Waals surface area contributed by atoms with E-state index in [1.165, 1.54) is 43.3 Å². The maximum atomic E-state index is 13.8. The molecule has 0 atom stereocenters. The molecule has 3 aromatic rings. The van der Waals surface area contributed by atoms with E-state index in [1.807, 2.05) is 32.0 Å². The lowest BCUT2D eigenvalue weighted by Gasteiger charge is -2.13. The van der Waals surface area contributed by atoms with Crippen molar-refractivity contribution in [1.29, 1.82) is 0 Å². The summed E-state index contributed by atoms with van der Waals surface area (Å²) in [7, 11) is -4.07. The van der Waals surface area contributed by atoms with Gasteiger partial charge in [-0.1, -0.05) is 37.3 Å². The summed E-state index contributed by atoms with van der Waals surface area (Å²) < 4.78 is 46.3. The van der Waals surface area contributed by atoms with Gasteiger partial charge in [0.15, 0.2) is 6.61 Å². The highest BCUT2D eigenvalue weighted by Crippen LogP contribution is 2.22. The summed E-state index contributed by atoms with van der Waals surface area (Å²) in [4.78, 5) is 24.5. The number of halogens is 1. The van der Waals surface area contributed by atoms with Gasteiger partial charge in [-0.3, -0.25) is 9.52 Å². The van der Waals surface area contributed by atoms with Crippen LogP contribution in [-0.2, 0) is 26.0 Å². The van der Waals surface area contributed by atoms with E-state index in [-0.39, 0.29) is 16.1 Å². The average molecular weight is 485 g/mol. The minimum atomic E-state index is -4.07. The molecule has 0 saturated carbocycles. The Hall–Kier alpha value is -3.72. The van der Waals surface area contributed by atoms with Gasteiger partial charge in [-0.2, -0.15) is 0 Å². The molecule has 0 heterocycles. The molecule has 9 heteroatoms. The number of esters is 1. The van der Waals surface area contributed by atoms with Crippen molar-refractivity contribution in [1.82, 2.24) is 0 Å². The van der Waals surface area contributed by atoms with Gasteiger partial charge in [0.1, 0.15) is 5.82 Å². The molecule has 3 rings (SSSR count). The minimum absolute atomic E-state index is 0.0493. The van der Waals surface area contributed by atoms with Crippen molar-refractivity contribution < 1.29 is 27.1 Å². The number of anilines is 2. The fourth-order valence-corrected chi connectivity index (χ4v) is 4.32. The van der Waals surface area contributed by atoms with E-state index < -0.39 is 34.3 Å². The third kappa shape index (κ3) is 5.99. The maximum absolute atomic E-state index is 13.8. The van der Waals surface area contributed by atoms with Crippen LogP contribution in [0.3, 0.4) is 0 Å². The Morgan fingerprint density at radius 3 is 2.41 bits per heavy atom. The predicted octanol–water partition coefficient (Wildman–Crippen LogP) is 4.60. The standard InChI is InChI=1S/C25H25FN2O5S/c1-4-18-8-5-7-17(3)24(18)27-23(29)15-33-25(30)19-9-6-10-20(13-19)28-34(31,32)21-12-11-16(2)22(26)14-21/h5-14,28H,4,15H2,1-3H3,(H,27,29). The molecule has 0 spiro atoms. The zero-order valence-corrected chi connectivity index (χ0v) is 19.8. The molecular formula is C25H25FN2O5S. The van der Waals surface area contributed by atoms with Gasteiger partial charge in [-0.25, -0.2) is 17.6 Å². The van der Waals surface area contributed by atoms with Crippen molar-refractivity contribution in [3.8, 4) is 0 Å². The second-order valence-electron chi connectivity index (χ2n) is 7.68. The lowest BCUT2D eigenvalue weighted by atomic mass is 10.1. The molecule has 2 N–H and O–H groups in total. The molecule has 0 bridgehead atoms. The molecule has 0 unspecified atom stereocenters. The van der Waals surface area contributed by atoms with Crippen LogP contribution in [0.15, 0.2) is 65.6 Å². The van der Waals surface area contributed by atoms with Crippen LogP contribution in [-0.4, -0.2) is 26.9 Å². The van der Waals surface area contributed by atoms with Gasteiger partial charge >= 0.3 is 5.97 Å². The molecule has 0 aliphatic heterocycles. The summed E-state index contributed by atoms with van der Waals surface area (Å²) >= 11 is 0. The third-order valence-electron chi connectivity index (χ3n) is 5.14. The molecular weight excluding hydrogens is 459 g/mol. The van der Waals surface area contributed by atoms with Crippen LogP contribution < -0.4 is 10.0 Å². The van der Waals surface area contributed by atoms with Crippen LogP contribution in [0.25, 0.3) is 0 Å². The van der Waals surface area contributed by atoms with Crippen LogP contribution >= 0.6 is 0 Å². The van der Waals surface area contributed by atoms with Gasteiger partial charge in [0, 0.05) is 11.4 Å². The van der Waals surface area contributed by atoms with E-state index in [4.69, 9.17) is 4.74 Å². The van der Waals surface area contributed by atoms with Crippen molar-refractivity contribution in [2.45, 2.75) is 32.1 Å². The molecule has 3 aromatic carbocycles. The van der Waals surface area contributed by atoms with Crippen molar-refractivity contribution in [3.05, 3.63) is 88.7 Å². The fourth-order valence-electron chi connectivity index (χ4n) is 3.26. The summed E-state index contributed by atoms with van der Waals surface area (Å²) in [5, 5.41) is 2.77. The van der Waals surface area contributed by atoms with E-state index in [0.717, 1.165) is 23.6 Å². The number of hydrogen-bond donors (Lipinski definition) is 2. The van der Waals surface area contributed by atoms with E-state index in [1.54, 1.807) is 0 Å². The van der Waals surface area contributed by atoms with Crippen molar-refractivity contribution in [3.63, 3.8) is 0 Å². The summed E-state index contributed by atoms with van der Waals surface area (Å²) in [6.07, 6.45) is 0.731. The highest BCUT2D eigenvalue weighted by molar-refractivity contribution is 7.92. The first-order chi connectivity index (χ1) is 16.1. The summed E-state index contributed by atoms with van der Waals surface area (Å²) in [5.41, 5.74) is 3.01. The molecule has 0 aliphatic carbocycles. The second kappa shape index (κ2) is 10.5. The number of carbonyl (C=O) groups is 2. The van der Waals surface area contributed by atoms with E-state index in [9.17, 15) is 22.4 Å². The number of rotatable bonds is 8. The number of amides is 1. The number of aryl methyl sites for hydroxylation is 3. The highest BCUT2D eigenvalue weighted by Gasteiger charge is 2.18. The number of ether oxygens (including phenoxy) is 1. The predicted molar refractivity (Wildman–Crippen MR) is 128 cm³/mol. The summed E-state index contributed by atoms with van der Waals surface area (Å²) in [6.45, 7) is 4.87. The number of nitrogens with one attached hydrogen (secondary N) is 2. The van der Waals surface area contributed by atoms with Gasteiger partial charge < -0.3 is 10.1 Å². The molecule has 7 nitrogen and oxygen atoms in total. The average Bonchev–Trinajstić information content (AvgIpc) is 2.80. The fraction of sp³-hybridized carbons (Fsp3) is 0.200. The Labute approximate surface area is 198 Å².